The third-order valence-electron chi connectivity index (χ3n) is 4.74. The van der Waals surface area contributed by atoms with Crippen molar-refractivity contribution in [2.75, 3.05) is 38.2 Å². The summed E-state index contributed by atoms with van der Waals surface area (Å²) in [6.45, 7) is 13.0. The van der Waals surface area contributed by atoms with Gasteiger partial charge in [-0.05, 0) is 27.2 Å². The number of rotatable bonds is 5. The van der Waals surface area contributed by atoms with Crippen molar-refractivity contribution in [1.82, 2.24) is 19.5 Å². The van der Waals surface area contributed by atoms with Crippen LogP contribution in [0.5, 0.6) is 0 Å². The maximum absolute atomic E-state index is 5.46. The third kappa shape index (κ3) is 3.33. The number of nitrogens with one attached hydrogen (secondary N) is 1. The van der Waals surface area contributed by atoms with Crippen LogP contribution in [-0.4, -0.2) is 58.4 Å². The zero-order valence-corrected chi connectivity index (χ0v) is 14.6. The summed E-state index contributed by atoms with van der Waals surface area (Å²) in [4.78, 5) is 7.14. The lowest BCUT2D eigenvalue weighted by Crippen LogP contribution is -2.46. The van der Waals surface area contributed by atoms with Crippen molar-refractivity contribution < 1.29 is 4.74 Å². The Bertz CT molecular complexity index is 675. The molecule has 1 aliphatic heterocycles. The number of hydrogen-bond acceptors (Lipinski definition) is 5. The summed E-state index contributed by atoms with van der Waals surface area (Å²) >= 11 is 0. The maximum atomic E-state index is 5.46. The van der Waals surface area contributed by atoms with Gasteiger partial charge in [0, 0.05) is 43.0 Å². The van der Waals surface area contributed by atoms with Crippen LogP contribution >= 0.6 is 0 Å². The van der Waals surface area contributed by atoms with Crippen LogP contribution in [0.3, 0.4) is 0 Å². The van der Waals surface area contributed by atoms with Gasteiger partial charge in [-0.15, -0.1) is 0 Å². The largest absolute Gasteiger partial charge is 0.379 e. The van der Waals surface area contributed by atoms with E-state index in [9.17, 15) is 0 Å². The van der Waals surface area contributed by atoms with Gasteiger partial charge in [-0.1, -0.05) is 6.92 Å². The fourth-order valence-electron chi connectivity index (χ4n) is 3.17. The van der Waals surface area contributed by atoms with Gasteiger partial charge >= 0.3 is 0 Å². The molecule has 0 bridgehead atoms. The van der Waals surface area contributed by atoms with Crippen LogP contribution in [0.2, 0.25) is 0 Å². The van der Waals surface area contributed by atoms with Gasteiger partial charge in [0.1, 0.15) is 5.82 Å². The fourth-order valence-corrected chi connectivity index (χ4v) is 3.17. The molecular weight excluding hydrogens is 290 g/mol. The molecule has 0 aliphatic carbocycles. The van der Waals surface area contributed by atoms with Gasteiger partial charge in [0.15, 0.2) is 5.65 Å². The van der Waals surface area contributed by atoms with Crippen molar-refractivity contribution in [1.29, 1.82) is 0 Å². The predicted molar refractivity (Wildman–Crippen MR) is 92.2 cm³/mol. The maximum Gasteiger partial charge on any atom is 0.160 e. The van der Waals surface area contributed by atoms with Crippen molar-refractivity contribution in [3.05, 3.63) is 23.0 Å². The SMILES string of the molecule is CCC(CNc1cc(C)nc2c(C)c(C)nn12)N1CCOCC1. The van der Waals surface area contributed by atoms with Gasteiger partial charge in [0.05, 0.1) is 18.9 Å². The van der Waals surface area contributed by atoms with Crippen LogP contribution in [-0.2, 0) is 4.74 Å². The molecule has 1 fully saturated rings. The van der Waals surface area contributed by atoms with E-state index in [1.165, 1.54) is 0 Å². The second-order valence-corrected chi connectivity index (χ2v) is 6.32. The lowest BCUT2D eigenvalue weighted by atomic mass is 10.1. The molecule has 0 saturated carbocycles. The molecule has 1 saturated heterocycles. The van der Waals surface area contributed by atoms with E-state index in [0.29, 0.717) is 6.04 Å². The first kappa shape index (κ1) is 16.2. The topological polar surface area (TPSA) is 54.7 Å². The van der Waals surface area contributed by atoms with Crippen LogP contribution in [0.1, 0.15) is 30.3 Å². The predicted octanol–water partition coefficient (Wildman–Crippen LogP) is 2.18. The molecule has 0 spiro atoms. The van der Waals surface area contributed by atoms with Gasteiger partial charge < -0.3 is 10.1 Å². The van der Waals surface area contributed by atoms with E-state index in [1.807, 2.05) is 18.4 Å². The Kier molecular flexibility index (Phi) is 4.82. The van der Waals surface area contributed by atoms with E-state index < -0.39 is 0 Å². The Labute approximate surface area is 137 Å². The summed E-state index contributed by atoms with van der Waals surface area (Å²) < 4.78 is 7.40. The smallest absolute Gasteiger partial charge is 0.160 e. The highest BCUT2D eigenvalue weighted by Gasteiger charge is 2.20. The van der Waals surface area contributed by atoms with E-state index in [2.05, 4.69) is 40.2 Å². The Hall–Kier alpha value is -1.66. The monoisotopic (exact) mass is 317 g/mol. The highest BCUT2D eigenvalue weighted by atomic mass is 16.5. The number of fused-ring (bicyclic) bond motifs is 1. The summed E-state index contributed by atoms with van der Waals surface area (Å²) in [6.07, 6.45) is 1.12. The molecule has 0 radical (unpaired) electrons. The molecule has 6 nitrogen and oxygen atoms in total. The van der Waals surface area contributed by atoms with Crippen LogP contribution in [0.15, 0.2) is 6.07 Å². The Morgan fingerprint density at radius 1 is 1.26 bits per heavy atom. The van der Waals surface area contributed by atoms with E-state index in [4.69, 9.17) is 4.74 Å². The second kappa shape index (κ2) is 6.84. The zero-order chi connectivity index (χ0) is 16.4. The van der Waals surface area contributed by atoms with E-state index >= 15 is 0 Å². The Morgan fingerprint density at radius 2 is 2.00 bits per heavy atom. The van der Waals surface area contributed by atoms with Gasteiger partial charge in [0.25, 0.3) is 0 Å². The lowest BCUT2D eigenvalue weighted by Gasteiger charge is -2.34. The summed E-state index contributed by atoms with van der Waals surface area (Å²) in [7, 11) is 0. The van der Waals surface area contributed by atoms with Gasteiger partial charge in [-0.3, -0.25) is 4.90 Å². The minimum atomic E-state index is 0.514. The first-order valence-corrected chi connectivity index (χ1v) is 8.49. The second-order valence-electron chi connectivity index (χ2n) is 6.32. The molecule has 1 N–H and O–H groups in total. The number of ether oxygens (including phenoxy) is 1. The molecule has 1 atom stereocenters. The molecule has 0 aromatic carbocycles. The summed E-state index contributed by atoms with van der Waals surface area (Å²) in [5.74, 6) is 1.02. The first-order chi connectivity index (χ1) is 11.1. The number of morpholine rings is 1. The fraction of sp³-hybridized carbons (Fsp3) is 0.647. The average molecular weight is 317 g/mol. The van der Waals surface area contributed by atoms with Crippen molar-refractivity contribution in [3.8, 4) is 0 Å². The van der Waals surface area contributed by atoms with Crippen LogP contribution < -0.4 is 5.32 Å². The molecule has 2 aromatic rings. The average Bonchev–Trinajstić information content (AvgIpc) is 2.84. The highest BCUT2D eigenvalue weighted by molar-refractivity contribution is 5.55. The molecule has 3 rings (SSSR count). The molecule has 6 heteroatoms. The van der Waals surface area contributed by atoms with Crippen molar-refractivity contribution in [2.24, 2.45) is 0 Å². The quantitative estimate of drug-likeness (QED) is 0.916. The summed E-state index contributed by atoms with van der Waals surface area (Å²) in [5, 5.41) is 8.22. The standard InChI is InChI=1S/C17H27N5O/c1-5-15(21-6-8-23-9-7-21)11-18-16-10-12(2)19-17-13(3)14(4)20-22(16)17/h10,15,18H,5-9,11H2,1-4H3. The number of anilines is 1. The molecule has 1 aliphatic rings. The minimum Gasteiger partial charge on any atom is -0.379 e. The Balaban J connectivity index is 1.79. The zero-order valence-electron chi connectivity index (χ0n) is 14.6. The third-order valence-corrected chi connectivity index (χ3v) is 4.74. The molecule has 1 unspecified atom stereocenters. The van der Waals surface area contributed by atoms with Crippen molar-refractivity contribution >= 4 is 11.5 Å². The van der Waals surface area contributed by atoms with Crippen molar-refractivity contribution in [2.45, 2.75) is 40.2 Å². The van der Waals surface area contributed by atoms with E-state index in [-0.39, 0.29) is 0 Å². The molecular formula is C17H27N5O. The van der Waals surface area contributed by atoms with Crippen LogP contribution in [0, 0.1) is 20.8 Å². The summed E-state index contributed by atoms with van der Waals surface area (Å²) in [5.41, 5.74) is 4.15. The molecule has 2 aromatic heterocycles. The molecule has 126 valence electrons. The Morgan fingerprint density at radius 3 is 2.70 bits per heavy atom. The van der Waals surface area contributed by atoms with Gasteiger partial charge in [-0.2, -0.15) is 9.61 Å². The van der Waals surface area contributed by atoms with Crippen LogP contribution in [0.25, 0.3) is 5.65 Å². The number of nitrogens with zero attached hydrogens (tertiary/aromatic N) is 4. The number of hydrogen-bond donors (Lipinski definition) is 1. The first-order valence-electron chi connectivity index (χ1n) is 8.49. The molecule has 23 heavy (non-hydrogen) atoms. The summed E-state index contributed by atoms with van der Waals surface area (Å²) in [6, 6.07) is 2.59. The van der Waals surface area contributed by atoms with Gasteiger partial charge in [0.2, 0.25) is 0 Å². The van der Waals surface area contributed by atoms with Gasteiger partial charge in [-0.25, -0.2) is 4.98 Å². The van der Waals surface area contributed by atoms with Crippen molar-refractivity contribution in [3.63, 3.8) is 0 Å². The normalized spacial score (nSPS) is 17.6. The van der Waals surface area contributed by atoms with Crippen LogP contribution in [0.4, 0.5) is 5.82 Å². The van der Waals surface area contributed by atoms with E-state index in [1.54, 1.807) is 0 Å². The minimum absolute atomic E-state index is 0.514. The molecule has 3 heterocycles. The number of aromatic nitrogens is 3. The molecule has 0 amide bonds. The number of aryl methyl sites for hydroxylation is 3. The lowest BCUT2D eigenvalue weighted by molar-refractivity contribution is 0.0184. The highest BCUT2D eigenvalue weighted by Crippen LogP contribution is 2.18. The van der Waals surface area contributed by atoms with E-state index in [0.717, 1.165) is 67.7 Å².